The van der Waals surface area contributed by atoms with Crippen LogP contribution < -0.4 is 33.2 Å². The van der Waals surface area contributed by atoms with E-state index in [0.717, 1.165) is 0 Å². The summed E-state index contributed by atoms with van der Waals surface area (Å²) in [6.07, 6.45) is 1.01. The van der Waals surface area contributed by atoms with Crippen molar-refractivity contribution >= 4 is 41.6 Å². The number of carboxylic acid groups (broad SMARTS) is 3. The van der Waals surface area contributed by atoms with Gasteiger partial charge in [-0.25, -0.2) is 9.78 Å². The van der Waals surface area contributed by atoms with E-state index in [-0.39, 0.29) is 25.3 Å². The zero-order valence-electron chi connectivity index (χ0n) is 20.8. The molecule has 1 heterocycles. The minimum atomic E-state index is -1.64. The van der Waals surface area contributed by atoms with Gasteiger partial charge in [0, 0.05) is 31.3 Å². The molecule has 39 heavy (non-hydrogen) atoms. The van der Waals surface area contributed by atoms with Gasteiger partial charge in [-0.2, -0.15) is 0 Å². The van der Waals surface area contributed by atoms with E-state index in [4.69, 9.17) is 22.3 Å². The molecule has 0 aromatic carbocycles. The number of nitrogens with two attached hydrogens (primary N) is 3. The Balaban J connectivity index is 3.00. The summed E-state index contributed by atoms with van der Waals surface area (Å²) in [5, 5.41) is 34.1. The first kappa shape index (κ1) is 32.3. The highest BCUT2D eigenvalue weighted by Crippen LogP contribution is 2.05. The number of guanidine groups is 1. The van der Waals surface area contributed by atoms with Crippen molar-refractivity contribution in [1.82, 2.24) is 25.9 Å². The van der Waals surface area contributed by atoms with E-state index < -0.39 is 79.1 Å². The SMILES string of the molecule is NC(N)=NCCCC(N)C(=O)NC(CC(=O)O)C(=O)NC(Cc1cnc[nH]1)C(=O)NC(CCC(=O)O)C(=O)O. The number of H-pyrrole nitrogens is 1. The van der Waals surface area contributed by atoms with Crippen LogP contribution >= 0.6 is 0 Å². The number of hydrogen-bond donors (Lipinski definition) is 10. The number of imidazole rings is 1. The summed E-state index contributed by atoms with van der Waals surface area (Å²) < 4.78 is 0. The molecule has 1 rings (SSSR count). The summed E-state index contributed by atoms with van der Waals surface area (Å²) in [5.74, 6) is -7.25. The highest BCUT2D eigenvalue weighted by Gasteiger charge is 2.32. The maximum atomic E-state index is 13.0. The molecule has 216 valence electrons. The molecule has 18 heteroatoms. The van der Waals surface area contributed by atoms with E-state index in [2.05, 4.69) is 30.9 Å². The highest BCUT2D eigenvalue weighted by molar-refractivity contribution is 5.95. The lowest BCUT2D eigenvalue weighted by atomic mass is 10.1. The normalized spacial score (nSPS) is 13.7. The standard InChI is InChI=1S/C21H33N9O9/c22-11(2-1-5-26-21(23)24)17(35)29-14(7-16(33)34)19(37)30-13(6-10-8-25-9-27-10)18(36)28-12(20(38)39)3-4-15(31)32/h8-9,11-14H,1-7,22H2,(H,25,27)(H,28,36)(H,29,35)(H,30,37)(H,31,32)(H,33,34)(H,38,39)(H4,23,24,26). The van der Waals surface area contributed by atoms with Crippen molar-refractivity contribution in [3.05, 3.63) is 18.2 Å². The number of nitrogens with zero attached hydrogens (tertiary/aromatic N) is 2. The highest BCUT2D eigenvalue weighted by atomic mass is 16.4. The van der Waals surface area contributed by atoms with Gasteiger partial charge in [0.25, 0.3) is 0 Å². The number of aliphatic carboxylic acids is 3. The smallest absolute Gasteiger partial charge is 0.326 e. The molecule has 4 unspecified atom stereocenters. The van der Waals surface area contributed by atoms with Gasteiger partial charge in [0.15, 0.2) is 5.96 Å². The Labute approximate surface area is 221 Å². The van der Waals surface area contributed by atoms with Crippen LogP contribution in [0.15, 0.2) is 17.5 Å². The van der Waals surface area contributed by atoms with Crippen LogP contribution in [0.5, 0.6) is 0 Å². The molecule has 0 fully saturated rings. The van der Waals surface area contributed by atoms with Crippen molar-refractivity contribution in [2.75, 3.05) is 6.54 Å². The van der Waals surface area contributed by atoms with Crippen LogP contribution in [-0.4, -0.2) is 97.6 Å². The lowest BCUT2D eigenvalue weighted by molar-refractivity contribution is -0.144. The average molecular weight is 556 g/mol. The first-order valence-corrected chi connectivity index (χ1v) is 11.7. The first-order valence-electron chi connectivity index (χ1n) is 11.7. The molecule has 0 aliphatic carbocycles. The molecule has 4 atom stereocenters. The third-order valence-electron chi connectivity index (χ3n) is 5.19. The number of carbonyl (C=O) groups excluding carboxylic acids is 3. The Morgan fingerprint density at radius 1 is 0.897 bits per heavy atom. The molecule has 3 amide bonds. The summed E-state index contributed by atoms with van der Waals surface area (Å²) in [4.78, 5) is 82.3. The predicted molar refractivity (Wildman–Crippen MR) is 133 cm³/mol. The van der Waals surface area contributed by atoms with E-state index in [0.29, 0.717) is 12.1 Å². The molecule has 0 saturated heterocycles. The molecule has 0 spiro atoms. The van der Waals surface area contributed by atoms with Gasteiger partial charge in [-0.1, -0.05) is 0 Å². The maximum absolute atomic E-state index is 13.0. The lowest BCUT2D eigenvalue weighted by Gasteiger charge is -2.24. The van der Waals surface area contributed by atoms with Crippen LogP contribution in [0.4, 0.5) is 0 Å². The van der Waals surface area contributed by atoms with E-state index in [1.807, 2.05) is 0 Å². The quantitative estimate of drug-likeness (QED) is 0.0472. The van der Waals surface area contributed by atoms with Crippen LogP contribution in [0.25, 0.3) is 0 Å². The number of aliphatic imine (C=N–C) groups is 1. The monoisotopic (exact) mass is 555 g/mol. The number of amides is 3. The predicted octanol–water partition coefficient (Wildman–Crippen LogP) is -3.79. The molecule has 0 aliphatic rings. The van der Waals surface area contributed by atoms with Crippen LogP contribution in [0.3, 0.4) is 0 Å². The number of rotatable bonds is 18. The van der Waals surface area contributed by atoms with Crippen LogP contribution in [0.1, 0.15) is 37.8 Å². The molecular weight excluding hydrogens is 522 g/mol. The van der Waals surface area contributed by atoms with Gasteiger partial charge in [-0.05, 0) is 19.3 Å². The van der Waals surface area contributed by atoms with Gasteiger partial charge in [0.1, 0.15) is 18.1 Å². The van der Waals surface area contributed by atoms with E-state index in [1.54, 1.807) is 0 Å². The van der Waals surface area contributed by atoms with E-state index in [1.165, 1.54) is 12.5 Å². The zero-order chi connectivity index (χ0) is 29.5. The Bertz CT molecular complexity index is 1040. The van der Waals surface area contributed by atoms with Crippen molar-refractivity contribution < 1.29 is 44.1 Å². The van der Waals surface area contributed by atoms with Crippen LogP contribution in [0.2, 0.25) is 0 Å². The Morgan fingerprint density at radius 2 is 1.51 bits per heavy atom. The van der Waals surface area contributed by atoms with Crippen molar-refractivity contribution in [2.45, 2.75) is 62.7 Å². The molecule has 13 N–H and O–H groups in total. The van der Waals surface area contributed by atoms with E-state index >= 15 is 0 Å². The summed E-state index contributed by atoms with van der Waals surface area (Å²) in [5.41, 5.74) is 16.6. The summed E-state index contributed by atoms with van der Waals surface area (Å²) >= 11 is 0. The number of carboxylic acids is 3. The van der Waals surface area contributed by atoms with Crippen LogP contribution in [-0.2, 0) is 35.2 Å². The van der Waals surface area contributed by atoms with Gasteiger partial charge in [0.2, 0.25) is 17.7 Å². The van der Waals surface area contributed by atoms with Gasteiger partial charge in [-0.3, -0.25) is 29.0 Å². The van der Waals surface area contributed by atoms with Gasteiger partial charge in [0.05, 0.1) is 18.8 Å². The summed E-state index contributed by atoms with van der Waals surface area (Å²) in [6.45, 7) is 0.191. The second kappa shape index (κ2) is 16.2. The second-order valence-electron chi connectivity index (χ2n) is 8.39. The Hall–Kier alpha value is -4.74. The maximum Gasteiger partial charge on any atom is 0.326 e. The van der Waals surface area contributed by atoms with Gasteiger partial charge in [-0.15, -0.1) is 0 Å². The molecule has 0 saturated carbocycles. The van der Waals surface area contributed by atoms with Crippen molar-refractivity contribution in [1.29, 1.82) is 0 Å². The fraction of sp³-hybridized carbons (Fsp3) is 0.524. The minimum absolute atomic E-state index is 0.113. The molecule has 1 aromatic heterocycles. The molecule has 18 nitrogen and oxygen atoms in total. The molecule has 0 aliphatic heterocycles. The third kappa shape index (κ3) is 12.9. The lowest BCUT2D eigenvalue weighted by Crippen LogP contribution is -2.58. The van der Waals surface area contributed by atoms with Crippen molar-refractivity contribution in [3.8, 4) is 0 Å². The van der Waals surface area contributed by atoms with Gasteiger partial charge < -0.3 is 53.5 Å². The Morgan fingerprint density at radius 3 is 2.05 bits per heavy atom. The van der Waals surface area contributed by atoms with Gasteiger partial charge >= 0.3 is 17.9 Å². The number of nitrogens with one attached hydrogen (secondary N) is 4. The fourth-order valence-electron chi connectivity index (χ4n) is 3.21. The molecule has 1 aromatic rings. The fourth-order valence-corrected chi connectivity index (χ4v) is 3.21. The first-order chi connectivity index (χ1) is 18.3. The number of carbonyl (C=O) groups is 6. The van der Waals surface area contributed by atoms with Crippen molar-refractivity contribution in [3.63, 3.8) is 0 Å². The third-order valence-corrected chi connectivity index (χ3v) is 5.19. The second-order valence-corrected chi connectivity index (χ2v) is 8.39. The summed E-state index contributed by atoms with van der Waals surface area (Å²) in [7, 11) is 0. The molecular formula is C21H33N9O9. The topological polar surface area (TPSA) is 318 Å². The molecule has 0 bridgehead atoms. The number of aromatic nitrogens is 2. The summed E-state index contributed by atoms with van der Waals surface area (Å²) in [6, 6.07) is -5.80. The van der Waals surface area contributed by atoms with Crippen molar-refractivity contribution in [2.24, 2.45) is 22.2 Å². The van der Waals surface area contributed by atoms with E-state index in [9.17, 15) is 39.0 Å². The molecule has 0 radical (unpaired) electrons. The average Bonchev–Trinajstić information content (AvgIpc) is 3.35. The zero-order valence-corrected chi connectivity index (χ0v) is 20.8. The number of aromatic amines is 1. The largest absolute Gasteiger partial charge is 0.481 e. The van der Waals surface area contributed by atoms with Crippen LogP contribution in [0, 0.1) is 0 Å². The number of hydrogen-bond acceptors (Lipinski definition) is 9. The Kier molecular flexibility index (Phi) is 13.4. The minimum Gasteiger partial charge on any atom is -0.481 e.